The predicted octanol–water partition coefficient (Wildman–Crippen LogP) is 6.96. The van der Waals surface area contributed by atoms with E-state index < -0.39 is 0 Å². The number of hydrogen-bond acceptors (Lipinski definition) is 1. The maximum Gasteiger partial charge on any atom is 0.0368 e. The van der Waals surface area contributed by atoms with Gasteiger partial charge >= 0.3 is 0 Å². The lowest BCUT2D eigenvalue weighted by Gasteiger charge is -2.31. The molecule has 0 aliphatic carbocycles. The van der Waals surface area contributed by atoms with Crippen molar-refractivity contribution in [2.24, 2.45) is 0 Å². The molecule has 0 aromatic heterocycles. The average molecular weight is 352 g/mol. The SMILES string of the molecule is CCCC(C)(Cc1cccc(N(C)C(C)C)c1)c1ccc(C(C)C)cc1. The van der Waals surface area contributed by atoms with Gasteiger partial charge < -0.3 is 4.90 Å². The van der Waals surface area contributed by atoms with Crippen LogP contribution in [0.5, 0.6) is 0 Å². The molecular weight excluding hydrogens is 314 g/mol. The van der Waals surface area contributed by atoms with Gasteiger partial charge in [-0.15, -0.1) is 0 Å². The molecule has 0 heterocycles. The Hall–Kier alpha value is -1.76. The van der Waals surface area contributed by atoms with Gasteiger partial charge in [0.25, 0.3) is 0 Å². The molecule has 0 bridgehead atoms. The normalized spacial score (nSPS) is 13.9. The molecule has 1 nitrogen and oxygen atoms in total. The molecule has 0 saturated carbocycles. The Morgan fingerprint density at radius 2 is 1.62 bits per heavy atom. The second-order valence-corrected chi connectivity index (χ2v) is 8.64. The van der Waals surface area contributed by atoms with Crippen LogP contribution in [0.4, 0.5) is 5.69 Å². The van der Waals surface area contributed by atoms with Crippen LogP contribution in [0.25, 0.3) is 0 Å². The van der Waals surface area contributed by atoms with E-state index in [1.165, 1.54) is 35.2 Å². The van der Waals surface area contributed by atoms with Crippen LogP contribution < -0.4 is 4.90 Å². The zero-order valence-corrected chi connectivity index (χ0v) is 17.8. The molecule has 1 atom stereocenters. The van der Waals surface area contributed by atoms with Crippen molar-refractivity contribution in [1.82, 2.24) is 0 Å². The molecule has 2 aromatic carbocycles. The maximum absolute atomic E-state index is 2.43. The van der Waals surface area contributed by atoms with Crippen LogP contribution in [0.1, 0.15) is 77.0 Å². The fourth-order valence-corrected chi connectivity index (χ4v) is 3.79. The van der Waals surface area contributed by atoms with Gasteiger partial charge in [0.05, 0.1) is 0 Å². The largest absolute Gasteiger partial charge is 0.372 e. The smallest absolute Gasteiger partial charge is 0.0368 e. The van der Waals surface area contributed by atoms with Gasteiger partial charge in [-0.3, -0.25) is 0 Å². The van der Waals surface area contributed by atoms with Crippen molar-refractivity contribution in [3.63, 3.8) is 0 Å². The molecule has 26 heavy (non-hydrogen) atoms. The summed E-state index contributed by atoms with van der Waals surface area (Å²) in [5.41, 5.74) is 5.81. The molecule has 2 aromatic rings. The fourth-order valence-electron chi connectivity index (χ4n) is 3.79. The van der Waals surface area contributed by atoms with Crippen LogP contribution in [-0.2, 0) is 11.8 Å². The topological polar surface area (TPSA) is 3.24 Å². The molecule has 1 heteroatoms. The van der Waals surface area contributed by atoms with Gasteiger partial charge in [-0.25, -0.2) is 0 Å². The van der Waals surface area contributed by atoms with Crippen LogP contribution in [0.2, 0.25) is 0 Å². The third-order valence-corrected chi connectivity index (χ3v) is 5.76. The van der Waals surface area contributed by atoms with Crippen molar-refractivity contribution in [2.75, 3.05) is 11.9 Å². The molecule has 0 saturated heterocycles. The Kier molecular flexibility index (Phi) is 6.92. The highest BCUT2D eigenvalue weighted by Gasteiger charge is 2.26. The van der Waals surface area contributed by atoms with Gasteiger partial charge in [0, 0.05) is 18.8 Å². The molecule has 0 radical (unpaired) electrons. The maximum atomic E-state index is 2.43. The zero-order chi connectivity index (χ0) is 19.3. The van der Waals surface area contributed by atoms with E-state index in [9.17, 15) is 0 Å². The number of nitrogens with zero attached hydrogens (tertiary/aromatic N) is 1. The van der Waals surface area contributed by atoms with Gasteiger partial charge in [-0.05, 0) is 66.8 Å². The van der Waals surface area contributed by atoms with Crippen LogP contribution >= 0.6 is 0 Å². The molecule has 0 N–H and O–H groups in total. The lowest BCUT2D eigenvalue weighted by Crippen LogP contribution is -2.27. The summed E-state index contributed by atoms with van der Waals surface area (Å²) in [6.07, 6.45) is 3.49. The van der Waals surface area contributed by atoms with Gasteiger partial charge in [0.15, 0.2) is 0 Å². The minimum absolute atomic E-state index is 0.180. The van der Waals surface area contributed by atoms with Crippen LogP contribution in [0, 0.1) is 0 Å². The summed E-state index contributed by atoms with van der Waals surface area (Å²) >= 11 is 0. The lowest BCUT2D eigenvalue weighted by atomic mass is 9.74. The number of anilines is 1. The zero-order valence-electron chi connectivity index (χ0n) is 17.8. The van der Waals surface area contributed by atoms with E-state index in [1.54, 1.807) is 0 Å². The molecule has 0 fully saturated rings. The monoisotopic (exact) mass is 351 g/mol. The second-order valence-electron chi connectivity index (χ2n) is 8.64. The fraction of sp³-hybridized carbons (Fsp3) is 0.520. The van der Waals surface area contributed by atoms with Gasteiger partial charge in [-0.2, -0.15) is 0 Å². The first-order chi connectivity index (χ1) is 12.3. The van der Waals surface area contributed by atoms with E-state index in [0.29, 0.717) is 12.0 Å². The lowest BCUT2D eigenvalue weighted by molar-refractivity contribution is 0.425. The highest BCUT2D eigenvalue weighted by Crippen LogP contribution is 2.34. The van der Waals surface area contributed by atoms with E-state index >= 15 is 0 Å². The summed E-state index contributed by atoms with van der Waals surface area (Å²) in [5, 5.41) is 0. The van der Waals surface area contributed by atoms with E-state index in [1.807, 2.05) is 0 Å². The summed E-state index contributed by atoms with van der Waals surface area (Å²) < 4.78 is 0. The van der Waals surface area contributed by atoms with Crippen molar-refractivity contribution in [3.8, 4) is 0 Å². The summed E-state index contributed by atoms with van der Waals surface area (Å²) in [5.74, 6) is 0.588. The predicted molar refractivity (Wildman–Crippen MR) is 116 cm³/mol. The third kappa shape index (κ3) is 4.90. The van der Waals surface area contributed by atoms with Gasteiger partial charge in [0.2, 0.25) is 0 Å². The van der Waals surface area contributed by atoms with Crippen LogP contribution in [-0.4, -0.2) is 13.1 Å². The highest BCUT2D eigenvalue weighted by atomic mass is 15.1. The number of hydrogen-bond donors (Lipinski definition) is 0. The first kappa shape index (κ1) is 20.6. The standard InChI is InChI=1S/C25H37N/c1-8-16-25(6,23-14-12-22(13-15-23)19(2)3)18-21-10-9-11-24(17-21)26(7)20(4)5/h9-15,17,19-20H,8,16,18H2,1-7H3. The minimum Gasteiger partial charge on any atom is -0.372 e. The molecule has 0 amide bonds. The first-order valence-corrected chi connectivity index (χ1v) is 10.2. The van der Waals surface area contributed by atoms with Crippen LogP contribution in [0.15, 0.2) is 48.5 Å². The Morgan fingerprint density at radius 1 is 0.962 bits per heavy atom. The Balaban J connectivity index is 2.30. The molecule has 0 aliphatic heterocycles. The molecular formula is C25H37N. The van der Waals surface area contributed by atoms with Crippen molar-refractivity contribution in [2.45, 2.75) is 78.2 Å². The van der Waals surface area contributed by atoms with Crippen molar-refractivity contribution in [1.29, 1.82) is 0 Å². The summed E-state index contributed by atoms with van der Waals surface area (Å²) in [6.45, 7) is 13.7. The third-order valence-electron chi connectivity index (χ3n) is 5.76. The van der Waals surface area contributed by atoms with Gasteiger partial charge in [0.1, 0.15) is 0 Å². The average Bonchev–Trinajstić information content (AvgIpc) is 2.61. The Morgan fingerprint density at radius 3 is 2.15 bits per heavy atom. The van der Waals surface area contributed by atoms with E-state index in [0.717, 1.165) is 6.42 Å². The highest BCUT2D eigenvalue weighted by molar-refractivity contribution is 5.49. The molecule has 1 unspecified atom stereocenters. The quantitative estimate of drug-likeness (QED) is 0.497. The van der Waals surface area contributed by atoms with Gasteiger partial charge in [-0.1, -0.05) is 70.5 Å². The molecule has 2 rings (SSSR count). The van der Waals surface area contributed by atoms with Crippen molar-refractivity contribution in [3.05, 3.63) is 65.2 Å². The molecule has 142 valence electrons. The minimum atomic E-state index is 0.180. The Bertz CT molecular complexity index is 684. The summed E-state index contributed by atoms with van der Waals surface area (Å²) in [7, 11) is 2.18. The van der Waals surface area contributed by atoms with E-state index in [-0.39, 0.29) is 5.41 Å². The first-order valence-electron chi connectivity index (χ1n) is 10.2. The summed E-state index contributed by atoms with van der Waals surface area (Å²) in [6, 6.07) is 18.9. The number of benzene rings is 2. The Labute approximate surface area is 161 Å². The second kappa shape index (κ2) is 8.75. The summed E-state index contributed by atoms with van der Waals surface area (Å²) in [4.78, 5) is 2.35. The van der Waals surface area contributed by atoms with E-state index in [4.69, 9.17) is 0 Å². The number of rotatable bonds is 8. The molecule has 0 aliphatic rings. The van der Waals surface area contributed by atoms with E-state index in [2.05, 4.69) is 102 Å². The molecule has 0 spiro atoms. The van der Waals surface area contributed by atoms with Crippen LogP contribution in [0.3, 0.4) is 0 Å². The van der Waals surface area contributed by atoms with Crippen molar-refractivity contribution >= 4 is 5.69 Å². The van der Waals surface area contributed by atoms with Crippen molar-refractivity contribution < 1.29 is 0 Å².